The summed E-state index contributed by atoms with van der Waals surface area (Å²) >= 11 is 0. The van der Waals surface area contributed by atoms with Crippen LogP contribution in [0.25, 0.3) is 0 Å². The van der Waals surface area contributed by atoms with Gasteiger partial charge in [-0.25, -0.2) is 8.42 Å². The number of sulfone groups is 1. The van der Waals surface area contributed by atoms with Crippen LogP contribution in [0.4, 0.5) is 13.2 Å². The summed E-state index contributed by atoms with van der Waals surface area (Å²) < 4.78 is 78.2. The molecule has 43 heavy (non-hydrogen) atoms. The van der Waals surface area contributed by atoms with Gasteiger partial charge in [0, 0.05) is 6.54 Å². The van der Waals surface area contributed by atoms with E-state index in [1.807, 2.05) is 33.9 Å². The molecule has 1 fully saturated rings. The molecule has 1 aromatic carbocycles. The van der Waals surface area contributed by atoms with E-state index in [0.717, 1.165) is 4.90 Å². The van der Waals surface area contributed by atoms with Gasteiger partial charge in [0.15, 0.2) is 24.3 Å². The molecule has 1 aliphatic heterocycles. The number of nitrogens with zero attached hydrogens (tertiary/aromatic N) is 1. The number of carbonyl (C=O) groups is 2. The number of hydrogen-bond acceptors (Lipinski definition) is 8. The van der Waals surface area contributed by atoms with E-state index >= 15 is 0 Å². The van der Waals surface area contributed by atoms with E-state index in [1.54, 1.807) is 24.3 Å². The molecule has 246 valence electrons. The molecular weight excluding hydrogens is 607 g/mol. The summed E-state index contributed by atoms with van der Waals surface area (Å²) in [5.41, 5.74) is 6.65. The lowest BCUT2D eigenvalue weighted by Gasteiger charge is -2.37. The van der Waals surface area contributed by atoms with Crippen LogP contribution >= 0.6 is 0 Å². The summed E-state index contributed by atoms with van der Waals surface area (Å²) in [4.78, 5) is 28.0. The van der Waals surface area contributed by atoms with Crippen molar-refractivity contribution in [3.63, 3.8) is 0 Å². The summed E-state index contributed by atoms with van der Waals surface area (Å²) in [5, 5.41) is 10.8. The topological polar surface area (TPSA) is 148 Å². The minimum Gasteiger partial charge on any atom is -0.497 e. The van der Waals surface area contributed by atoms with E-state index in [2.05, 4.69) is 5.32 Å². The number of methoxy groups -OCH3 is 1. The fourth-order valence-corrected chi connectivity index (χ4v) is 7.28. The zero-order valence-electron chi connectivity index (χ0n) is 26.1. The first kappa shape index (κ1) is 37.0. The number of halogens is 3. The smallest absolute Gasteiger partial charge is 0.416 e. The maximum absolute atomic E-state index is 13.6. The van der Waals surface area contributed by atoms with Gasteiger partial charge in [-0.3, -0.25) is 9.59 Å². The lowest BCUT2D eigenvalue weighted by molar-refractivity contribution is -0.215. The van der Waals surface area contributed by atoms with Crippen molar-refractivity contribution in [2.45, 2.75) is 101 Å². The molecule has 0 spiro atoms. The largest absolute Gasteiger partial charge is 0.497 e. The second-order valence-electron chi connectivity index (χ2n) is 13.0. The minimum atomic E-state index is -5.01. The van der Waals surface area contributed by atoms with Gasteiger partial charge in [-0.2, -0.15) is 13.2 Å². The molecule has 4 N–H and O–H groups in total. The molecule has 1 saturated heterocycles. The monoisotopic (exact) mass is 653 g/mol. The standard InChI is InChI=1S/C28H46F3N3O7SSi/c1-17(2)23(24(35)28(29,30)31)33-25(36)22-13-20(42(38,39)16-18-9-11-19(40-6)12-10-18)14-34(22)26(37)21(32)15-41-43(7,8)27(3,4)5/h9-12,17,20-24,35H,13-16,32H2,1-8H3,(H,33,36)/t20-,21?,22+,23?,24?/m1/s1. The summed E-state index contributed by atoms with van der Waals surface area (Å²) in [5.74, 6) is -2.44. The first-order valence-electron chi connectivity index (χ1n) is 14.1. The zero-order valence-corrected chi connectivity index (χ0v) is 27.9. The van der Waals surface area contributed by atoms with Crippen LogP contribution in [0, 0.1) is 5.92 Å². The first-order chi connectivity index (χ1) is 19.5. The molecule has 5 atom stereocenters. The van der Waals surface area contributed by atoms with Crippen LogP contribution in [0.15, 0.2) is 24.3 Å². The van der Waals surface area contributed by atoms with Crippen LogP contribution in [-0.4, -0.2) is 94.5 Å². The lowest BCUT2D eigenvalue weighted by Crippen LogP contribution is -2.58. The molecule has 10 nitrogen and oxygen atoms in total. The molecule has 0 radical (unpaired) electrons. The van der Waals surface area contributed by atoms with Crippen molar-refractivity contribution in [3.8, 4) is 5.75 Å². The van der Waals surface area contributed by atoms with Gasteiger partial charge in [0.25, 0.3) is 0 Å². The van der Waals surface area contributed by atoms with E-state index in [1.165, 1.54) is 21.0 Å². The van der Waals surface area contributed by atoms with Gasteiger partial charge in [0.2, 0.25) is 11.8 Å². The van der Waals surface area contributed by atoms with Crippen molar-refractivity contribution in [1.29, 1.82) is 0 Å². The Kier molecular flexibility index (Phi) is 11.9. The molecule has 1 aliphatic rings. The number of amides is 2. The van der Waals surface area contributed by atoms with Gasteiger partial charge >= 0.3 is 6.18 Å². The number of hydrogen-bond donors (Lipinski definition) is 3. The summed E-state index contributed by atoms with van der Waals surface area (Å²) in [6.45, 7) is 12.2. The van der Waals surface area contributed by atoms with E-state index in [4.69, 9.17) is 14.9 Å². The minimum absolute atomic E-state index is 0.176. The third-order valence-electron chi connectivity index (χ3n) is 8.33. The van der Waals surface area contributed by atoms with Crippen LogP contribution in [0.3, 0.4) is 0 Å². The predicted molar refractivity (Wildman–Crippen MR) is 159 cm³/mol. The Balaban J connectivity index is 2.36. The molecule has 0 bridgehead atoms. The van der Waals surface area contributed by atoms with Crippen LogP contribution in [0.1, 0.15) is 46.6 Å². The second-order valence-corrected chi connectivity index (χ2v) is 20.1. The number of nitrogens with two attached hydrogens (primary N) is 1. The number of aliphatic hydroxyl groups excluding tert-OH is 1. The van der Waals surface area contributed by atoms with Crippen molar-refractivity contribution >= 4 is 30.0 Å². The van der Waals surface area contributed by atoms with Gasteiger partial charge < -0.3 is 30.2 Å². The average Bonchev–Trinajstić information content (AvgIpc) is 3.35. The predicted octanol–water partition coefficient (Wildman–Crippen LogP) is 2.99. The van der Waals surface area contributed by atoms with Gasteiger partial charge in [-0.15, -0.1) is 0 Å². The van der Waals surface area contributed by atoms with Crippen LogP contribution < -0.4 is 15.8 Å². The van der Waals surface area contributed by atoms with Crippen molar-refractivity contribution in [3.05, 3.63) is 29.8 Å². The Morgan fingerprint density at radius 3 is 2.19 bits per heavy atom. The normalized spacial score (nSPS) is 20.6. The third kappa shape index (κ3) is 9.39. The van der Waals surface area contributed by atoms with Gasteiger partial charge in [0.1, 0.15) is 17.8 Å². The quantitative estimate of drug-likeness (QED) is 0.292. The maximum Gasteiger partial charge on any atom is 0.416 e. The van der Waals surface area contributed by atoms with Crippen molar-refractivity contribution in [2.24, 2.45) is 11.7 Å². The Hall–Kier alpha value is -2.20. The van der Waals surface area contributed by atoms with E-state index in [-0.39, 0.29) is 30.4 Å². The molecule has 2 amide bonds. The molecule has 3 unspecified atom stereocenters. The molecule has 1 aromatic rings. The first-order valence-corrected chi connectivity index (χ1v) is 18.7. The fourth-order valence-electron chi connectivity index (χ4n) is 4.49. The maximum atomic E-state index is 13.6. The average molecular weight is 654 g/mol. The van der Waals surface area contributed by atoms with Crippen molar-refractivity contribution < 1.29 is 45.4 Å². The second kappa shape index (κ2) is 13.8. The number of ether oxygens (including phenoxy) is 1. The molecule has 15 heteroatoms. The molecule has 0 aliphatic carbocycles. The summed E-state index contributed by atoms with van der Waals surface area (Å²) in [6.07, 6.45) is -8.23. The Morgan fingerprint density at radius 1 is 1.16 bits per heavy atom. The highest BCUT2D eigenvalue weighted by atomic mass is 32.2. The lowest BCUT2D eigenvalue weighted by atomic mass is 9.97. The SMILES string of the molecule is COc1ccc(CS(=O)(=O)[C@@H]2C[C@@H](C(=O)NC(C(C)C)C(O)C(F)(F)F)N(C(=O)C(N)CO[Si](C)(C)C(C)(C)C)C2)cc1. The van der Waals surface area contributed by atoms with Crippen LogP contribution in [-0.2, 0) is 29.6 Å². The summed E-state index contributed by atoms with van der Waals surface area (Å²) in [7, 11) is -4.79. The Labute approximate surface area is 253 Å². The number of benzene rings is 1. The van der Waals surface area contributed by atoms with Crippen LogP contribution in [0.2, 0.25) is 18.1 Å². The molecular formula is C28H46F3N3O7SSi. The Morgan fingerprint density at radius 2 is 1.72 bits per heavy atom. The van der Waals surface area contributed by atoms with Gasteiger partial charge in [0.05, 0.1) is 30.8 Å². The van der Waals surface area contributed by atoms with Crippen molar-refractivity contribution in [1.82, 2.24) is 10.2 Å². The number of nitrogens with one attached hydrogen (secondary N) is 1. The van der Waals surface area contributed by atoms with Crippen LogP contribution in [0.5, 0.6) is 5.75 Å². The van der Waals surface area contributed by atoms with E-state index in [9.17, 15) is 36.3 Å². The molecule has 2 rings (SSSR count). The number of carbonyl (C=O) groups excluding carboxylic acids is 2. The number of alkyl halides is 3. The molecule has 0 saturated carbocycles. The number of likely N-dealkylation sites (tertiary alicyclic amines) is 1. The zero-order chi connectivity index (χ0) is 33.1. The third-order valence-corrected chi connectivity index (χ3v) is 14.9. The Bertz CT molecular complexity index is 1220. The van der Waals surface area contributed by atoms with E-state index < -0.39 is 71.5 Å². The highest BCUT2D eigenvalue weighted by Gasteiger charge is 2.49. The fraction of sp³-hybridized carbons (Fsp3) is 0.714. The highest BCUT2D eigenvalue weighted by Crippen LogP contribution is 2.37. The van der Waals surface area contributed by atoms with E-state index in [0.29, 0.717) is 11.3 Å². The molecule has 1 heterocycles. The van der Waals surface area contributed by atoms with Gasteiger partial charge in [-0.1, -0.05) is 46.8 Å². The highest BCUT2D eigenvalue weighted by molar-refractivity contribution is 7.91. The number of aliphatic hydroxyl groups is 1. The van der Waals surface area contributed by atoms with Crippen molar-refractivity contribution in [2.75, 3.05) is 20.3 Å². The van der Waals surface area contributed by atoms with Gasteiger partial charge in [-0.05, 0) is 48.2 Å². The summed E-state index contributed by atoms with van der Waals surface area (Å²) in [6, 6.07) is 1.97. The molecule has 0 aromatic heterocycles. The number of rotatable bonds is 12.